The number of rotatable bonds is 2. The van der Waals surface area contributed by atoms with Gasteiger partial charge in [0.2, 0.25) is 0 Å². The molecule has 0 radical (unpaired) electrons. The lowest BCUT2D eigenvalue weighted by molar-refractivity contribution is 0.102. The highest BCUT2D eigenvalue weighted by atomic mass is 35.5. The predicted octanol–water partition coefficient (Wildman–Crippen LogP) is 3.95. The number of amides is 1. The molecule has 1 amide bonds. The molecular weight excluding hydrogens is 272 g/mol. The van der Waals surface area contributed by atoms with Crippen molar-refractivity contribution in [2.75, 3.05) is 17.2 Å². The van der Waals surface area contributed by atoms with E-state index < -0.39 is 0 Å². The van der Waals surface area contributed by atoms with E-state index in [4.69, 9.17) is 11.6 Å². The van der Waals surface area contributed by atoms with Crippen molar-refractivity contribution in [2.24, 2.45) is 0 Å². The summed E-state index contributed by atoms with van der Waals surface area (Å²) in [6.45, 7) is 0.968. The number of anilines is 2. The maximum atomic E-state index is 12.4. The number of hydrogen-bond donors (Lipinski definition) is 2. The molecule has 1 aliphatic rings. The van der Waals surface area contributed by atoms with E-state index in [0.717, 1.165) is 41.9 Å². The van der Waals surface area contributed by atoms with E-state index in [9.17, 15) is 4.79 Å². The molecule has 2 aromatic rings. The number of carbonyl (C=O) groups excluding carboxylic acids is 1. The molecule has 0 spiro atoms. The molecule has 0 saturated heterocycles. The summed E-state index contributed by atoms with van der Waals surface area (Å²) in [5, 5.41) is 6.90. The first-order valence-electron chi connectivity index (χ1n) is 6.67. The molecule has 3 nitrogen and oxygen atoms in total. The third kappa shape index (κ3) is 2.63. The summed E-state index contributed by atoms with van der Waals surface area (Å²) in [7, 11) is 0. The lowest BCUT2D eigenvalue weighted by atomic mass is 9.97. The fourth-order valence-corrected chi connectivity index (χ4v) is 2.58. The zero-order chi connectivity index (χ0) is 13.9. The van der Waals surface area contributed by atoms with Gasteiger partial charge in [0.15, 0.2) is 0 Å². The summed E-state index contributed by atoms with van der Waals surface area (Å²) in [5.74, 6) is -0.0760. The topological polar surface area (TPSA) is 41.1 Å². The van der Waals surface area contributed by atoms with Crippen molar-refractivity contribution in [3.05, 3.63) is 58.6 Å². The molecule has 2 N–H and O–H groups in total. The fraction of sp³-hybridized carbons (Fsp3) is 0.188. The molecule has 102 valence electrons. The second-order valence-electron chi connectivity index (χ2n) is 4.82. The molecule has 0 aliphatic carbocycles. The van der Waals surface area contributed by atoms with Crippen LogP contribution in [0.15, 0.2) is 42.5 Å². The SMILES string of the molecule is O=C(Nc1ccc(Cl)cc1)c1cccc2c1CCCN2. The zero-order valence-electron chi connectivity index (χ0n) is 10.9. The Morgan fingerprint density at radius 2 is 1.95 bits per heavy atom. The second kappa shape index (κ2) is 5.55. The van der Waals surface area contributed by atoms with Crippen molar-refractivity contribution in [1.29, 1.82) is 0 Å². The van der Waals surface area contributed by atoms with Crippen molar-refractivity contribution in [2.45, 2.75) is 12.8 Å². The molecule has 0 fully saturated rings. The average Bonchev–Trinajstić information content (AvgIpc) is 2.49. The number of carbonyl (C=O) groups is 1. The summed E-state index contributed by atoms with van der Waals surface area (Å²) in [6, 6.07) is 12.9. The van der Waals surface area contributed by atoms with Gasteiger partial charge in [-0.3, -0.25) is 4.79 Å². The number of halogens is 1. The molecule has 20 heavy (non-hydrogen) atoms. The van der Waals surface area contributed by atoms with Crippen LogP contribution in [0, 0.1) is 0 Å². The molecule has 0 atom stereocenters. The molecule has 3 rings (SSSR count). The van der Waals surface area contributed by atoms with Crippen molar-refractivity contribution < 1.29 is 4.79 Å². The van der Waals surface area contributed by atoms with Gasteiger partial charge in [-0.1, -0.05) is 17.7 Å². The lowest BCUT2D eigenvalue weighted by Crippen LogP contribution is -2.19. The largest absolute Gasteiger partial charge is 0.385 e. The molecule has 0 unspecified atom stereocenters. The van der Waals surface area contributed by atoms with Crippen LogP contribution in [-0.4, -0.2) is 12.5 Å². The Balaban J connectivity index is 1.85. The van der Waals surface area contributed by atoms with Gasteiger partial charge in [-0.15, -0.1) is 0 Å². The van der Waals surface area contributed by atoms with Gasteiger partial charge in [0, 0.05) is 28.5 Å². The number of fused-ring (bicyclic) bond motifs is 1. The highest BCUT2D eigenvalue weighted by Gasteiger charge is 2.17. The Bertz CT molecular complexity index is 637. The van der Waals surface area contributed by atoms with Crippen LogP contribution < -0.4 is 10.6 Å². The van der Waals surface area contributed by atoms with Crippen molar-refractivity contribution in [3.63, 3.8) is 0 Å². The maximum absolute atomic E-state index is 12.4. The van der Waals surface area contributed by atoms with Gasteiger partial charge >= 0.3 is 0 Å². The molecule has 4 heteroatoms. The quantitative estimate of drug-likeness (QED) is 0.878. The summed E-state index contributed by atoms with van der Waals surface area (Å²) in [5.41, 5.74) is 3.66. The summed E-state index contributed by atoms with van der Waals surface area (Å²) in [6.07, 6.45) is 1.99. The minimum atomic E-state index is -0.0760. The Morgan fingerprint density at radius 3 is 2.75 bits per heavy atom. The van der Waals surface area contributed by atoms with Crippen LogP contribution in [0.2, 0.25) is 5.02 Å². The summed E-state index contributed by atoms with van der Waals surface area (Å²) in [4.78, 5) is 12.4. The monoisotopic (exact) mass is 286 g/mol. The van der Waals surface area contributed by atoms with E-state index >= 15 is 0 Å². The molecule has 1 aliphatic heterocycles. The van der Waals surface area contributed by atoms with E-state index in [-0.39, 0.29) is 5.91 Å². The van der Waals surface area contributed by atoms with Crippen LogP contribution in [0.5, 0.6) is 0 Å². The molecule has 0 aromatic heterocycles. The van der Waals surface area contributed by atoms with Crippen LogP contribution in [0.4, 0.5) is 11.4 Å². The predicted molar refractivity (Wildman–Crippen MR) is 82.7 cm³/mol. The second-order valence-corrected chi connectivity index (χ2v) is 5.26. The molecule has 2 aromatic carbocycles. The highest BCUT2D eigenvalue weighted by molar-refractivity contribution is 6.30. The normalized spacial score (nSPS) is 13.2. The third-order valence-corrected chi connectivity index (χ3v) is 3.69. The first-order chi connectivity index (χ1) is 9.74. The van der Waals surface area contributed by atoms with Crippen LogP contribution in [0.25, 0.3) is 0 Å². The minimum absolute atomic E-state index is 0.0760. The fourth-order valence-electron chi connectivity index (χ4n) is 2.45. The van der Waals surface area contributed by atoms with Crippen LogP contribution in [-0.2, 0) is 6.42 Å². The first-order valence-corrected chi connectivity index (χ1v) is 7.04. The smallest absolute Gasteiger partial charge is 0.256 e. The average molecular weight is 287 g/mol. The van der Waals surface area contributed by atoms with Gasteiger partial charge in [-0.2, -0.15) is 0 Å². The number of nitrogens with one attached hydrogen (secondary N) is 2. The van der Waals surface area contributed by atoms with E-state index in [1.165, 1.54) is 0 Å². The number of benzene rings is 2. The van der Waals surface area contributed by atoms with Gasteiger partial charge in [0.05, 0.1) is 0 Å². The summed E-state index contributed by atoms with van der Waals surface area (Å²) >= 11 is 5.84. The minimum Gasteiger partial charge on any atom is -0.385 e. The summed E-state index contributed by atoms with van der Waals surface area (Å²) < 4.78 is 0. The van der Waals surface area contributed by atoms with E-state index in [1.54, 1.807) is 24.3 Å². The van der Waals surface area contributed by atoms with Crippen LogP contribution in [0.1, 0.15) is 22.3 Å². The van der Waals surface area contributed by atoms with Gasteiger partial charge in [0.25, 0.3) is 5.91 Å². The Kier molecular flexibility index (Phi) is 3.61. The standard InChI is InChI=1S/C16H15ClN2O/c17-11-6-8-12(9-7-11)19-16(20)14-3-1-5-15-13(14)4-2-10-18-15/h1,3,5-9,18H,2,4,10H2,(H,19,20). The van der Waals surface area contributed by atoms with Gasteiger partial charge < -0.3 is 10.6 Å². The van der Waals surface area contributed by atoms with Gasteiger partial charge in [-0.05, 0) is 54.8 Å². The zero-order valence-corrected chi connectivity index (χ0v) is 11.7. The lowest BCUT2D eigenvalue weighted by Gasteiger charge is -2.20. The van der Waals surface area contributed by atoms with E-state index in [0.29, 0.717) is 5.02 Å². The Hall–Kier alpha value is -2.00. The van der Waals surface area contributed by atoms with Gasteiger partial charge in [0.1, 0.15) is 0 Å². The van der Waals surface area contributed by atoms with E-state index in [2.05, 4.69) is 10.6 Å². The Morgan fingerprint density at radius 1 is 1.15 bits per heavy atom. The third-order valence-electron chi connectivity index (χ3n) is 3.44. The molecule has 1 heterocycles. The van der Waals surface area contributed by atoms with Crippen LogP contribution in [0.3, 0.4) is 0 Å². The molecular formula is C16H15ClN2O. The molecule has 0 bridgehead atoms. The van der Waals surface area contributed by atoms with E-state index in [1.807, 2.05) is 18.2 Å². The Labute approximate surface area is 123 Å². The van der Waals surface area contributed by atoms with Crippen LogP contribution >= 0.6 is 11.6 Å². The highest BCUT2D eigenvalue weighted by Crippen LogP contribution is 2.26. The molecule has 0 saturated carbocycles. The number of hydrogen-bond acceptors (Lipinski definition) is 2. The van der Waals surface area contributed by atoms with Crippen molar-refractivity contribution in [1.82, 2.24) is 0 Å². The van der Waals surface area contributed by atoms with Crippen molar-refractivity contribution >= 4 is 28.9 Å². The van der Waals surface area contributed by atoms with Crippen molar-refractivity contribution in [3.8, 4) is 0 Å². The van der Waals surface area contributed by atoms with Gasteiger partial charge in [-0.25, -0.2) is 0 Å². The first kappa shape index (κ1) is 13.0. The maximum Gasteiger partial charge on any atom is 0.256 e.